The number of hydrogen-bond acceptors (Lipinski definition) is 3. The Kier molecular flexibility index (Phi) is 5.98. The van der Waals surface area contributed by atoms with Crippen LogP contribution in [0.5, 0.6) is 0 Å². The van der Waals surface area contributed by atoms with Crippen molar-refractivity contribution in [2.24, 2.45) is 0 Å². The molecule has 1 aromatic heterocycles. The molecule has 17 heavy (non-hydrogen) atoms. The van der Waals surface area contributed by atoms with Gasteiger partial charge in [0.2, 0.25) is 0 Å². The highest BCUT2D eigenvalue weighted by Gasteiger charge is 2.02. The van der Waals surface area contributed by atoms with Gasteiger partial charge in [0.05, 0.1) is 0 Å². The van der Waals surface area contributed by atoms with Crippen LogP contribution in [0.1, 0.15) is 45.4 Å². The zero-order chi connectivity index (χ0) is 12.7. The number of aryl methyl sites for hydroxylation is 1. The lowest BCUT2D eigenvalue weighted by molar-refractivity contribution is 0.588. The third-order valence-electron chi connectivity index (χ3n) is 2.57. The Balaban J connectivity index is 2.73. The van der Waals surface area contributed by atoms with Gasteiger partial charge in [-0.25, -0.2) is 4.98 Å². The first-order chi connectivity index (χ1) is 8.15. The molecule has 96 valence electrons. The summed E-state index contributed by atoms with van der Waals surface area (Å²) in [5.41, 5.74) is 2.47. The van der Waals surface area contributed by atoms with E-state index in [0.717, 1.165) is 37.4 Å². The number of rotatable bonds is 7. The quantitative estimate of drug-likeness (QED) is 0.763. The van der Waals surface area contributed by atoms with Crippen LogP contribution in [0.25, 0.3) is 0 Å². The second-order valence-electron chi connectivity index (χ2n) is 4.67. The average molecular weight is 235 g/mol. The molecule has 0 bridgehead atoms. The normalized spacial score (nSPS) is 10.9. The number of pyridine rings is 1. The van der Waals surface area contributed by atoms with Crippen molar-refractivity contribution >= 4 is 5.82 Å². The molecule has 0 amide bonds. The molecule has 1 rings (SSSR count). The summed E-state index contributed by atoms with van der Waals surface area (Å²) in [6.07, 6.45) is 2.11. The van der Waals surface area contributed by atoms with Crippen molar-refractivity contribution in [3.05, 3.63) is 23.4 Å². The molecule has 3 nitrogen and oxygen atoms in total. The molecule has 3 heteroatoms. The fraction of sp³-hybridized carbons (Fsp3) is 0.643. The van der Waals surface area contributed by atoms with Gasteiger partial charge >= 0.3 is 0 Å². The first-order valence-corrected chi connectivity index (χ1v) is 6.62. The van der Waals surface area contributed by atoms with E-state index in [2.05, 4.69) is 55.4 Å². The number of nitrogens with zero attached hydrogens (tertiary/aromatic N) is 1. The van der Waals surface area contributed by atoms with Gasteiger partial charge in [0, 0.05) is 24.8 Å². The van der Waals surface area contributed by atoms with Gasteiger partial charge in [-0.15, -0.1) is 0 Å². The number of nitrogens with one attached hydrogen (secondary N) is 2. The Morgan fingerprint density at radius 2 is 2.00 bits per heavy atom. The summed E-state index contributed by atoms with van der Waals surface area (Å²) >= 11 is 0. The first-order valence-electron chi connectivity index (χ1n) is 6.62. The van der Waals surface area contributed by atoms with Crippen LogP contribution in [-0.4, -0.2) is 17.6 Å². The third kappa shape index (κ3) is 5.18. The van der Waals surface area contributed by atoms with Gasteiger partial charge in [0.25, 0.3) is 0 Å². The molecule has 0 saturated carbocycles. The highest BCUT2D eigenvalue weighted by molar-refractivity contribution is 5.39. The minimum Gasteiger partial charge on any atom is -0.370 e. The monoisotopic (exact) mass is 235 g/mol. The van der Waals surface area contributed by atoms with Gasteiger partial charge < -0.3 is 10.6 Å². The SMILES string of the molecule is CCCNc1cc(CNC(C)C)cc(CC)n1. The van der Waals surface area contributed by atoms with Crippen molar-refractivity contribution < 1.29 is 0 Å². The van der Waals surface area contributed by atoms with E-state index in [0.29, 0.717) is 6.04 Å². The van der Waals surface area contributed by atoms with Gasteiger partial charge in [-0.3, -0.25) is 0 Å². The molecule has 1 heterocycles. The zero-order valence-corrected chi connectivity index (χ0v) is 11.5. The van der Waals surface area contributed by atoms with Crippen molar-refractivity contribution in [3.8, 4) is 0 Å². The zero-order valence-electron chi connectivity index (χ0n) is 11.5. The topological polar surface area (TPSA) is 37.0 Å². The Hall–Kier alpha value is -1.09. The lowest BCUT2D eigenvalue weighted by Gasteiger charge is -2.12. The second-order valence-corrected chi connectivity index (χ2v) is 4.67. The van der Waals surface area contributed by atoms with Crippen LogP contribution >= 0.6 is 0 Å². The van der Waals surface area contributed by atoms with Crippen molar-refractivity contribution in [2.45, 2.75) is 53.1 Å². The van der Waals surface area contributed by atoms with Crippen LogP contribution in [-0.2, 0) is 13.0 Å². The molecule has 0 aliphatic carbocycles. The third-order valence-corrected chi connectivity index (χ3v) is 2.57. The smallest absolute Gasteiger partial charge is 0.126 e. The summed E-state index contributed by atoms with van der Waals surface area (Å²) in [6, 6.07) is 4.84. The number of hydrogen-bond donors (Lipinski definition) is 2. The van der Waals surface area contributed by atoms with Crippen molar-refractivity contribution in [1.29, 1.82) is 0 Å². The Morgan fingerprint density at radius 1 is 1.24 bits per heavy atom. The summed E-state index contributed by atoms with van der Waals surface area (Å²) in [5.74, 6) is 1.01. The molecule has 1 aromatic rings. The molecular weight excluding hydrogens is 210 g/mol. The Bertz CT molecular complexity index is 334. The highest BCUT2D eigenvalue weighted by atomic mass is 15.0. The van der Waals surface area contributed by atoms with Crippen LogP contribution in [0.4, 0.5) is 5.82 Å². The van der Waals surface area contributed by atoms with Crippen molar-refractivity contribution in [3.63, 3.8) is 0 Å². The lowest BCUT2D eigenvalue weighted by Crippen LogP contribution is -2.22. The highest BCUT2D eigenvalue weighted by Crippen LogP contribution is 2.11. The lowest BCUT2D eigenvalue weighted by atomic mass is 10.2. The molecule has 0 spiro atoms. The number of anilines is 1. The van der Waals surface area contributed by atoms with Crippen LogP contribution < -0.4 is 10.6 Å². The minimum atomic E-state index is 0.514. The van der Waals surface area contributed by atoms with E-state index in [1.165, 1.54) is 5.56 Å². The maximum absolute atomic E-state index is 4.58. The molecule has 2 N–H and O–H groups in total. The largest absolute Gasteiger partial charge is 0.370 e. The minimum absolute atomic E-state index is 0.514. The number of aromatic nitrogens is 1. The standard InChI is InChI=1S/C14H25N3/c1-5-7-15-14-9-12(10-16-11(3)4)8-13(6-2)17-14/h8-9,11,16H,5-7,10H2,1-4H3,(H,15,17). The summed E-state index contributed by atoms with van der Waals surface area (Å²) < 4.78 is 0. The Morgan fingerprint density at radius 3 is 2.59 bits per heavy atom. The first kappa shape index (κ1) is 14.0. The van der Waals surface area contributed by atoms with Crippen molar-refractivity contribution in [2.75, 3.05) is 11.9 Å². The van der Waals surface area contributed by atoms with Crippen LogP contribution in [0.3, 0.4) is 0 Å². The van der Waals surface area contributed by atoms with E-state index < -0.39 is 0 Å². The molecule has 0 unspecified atom stereocenters. The van der Waals surface area contributed by atoms with E-state index in [4.69, 9.17) is 0 Å². The fourth-order valence-electron chi connectivity index (χ4n) is 1.60. The van der Waals surface area contributed by atoms with Crippen molar-refractivity contribution in [1.82, 2.24) is 10.3 Å². The molecule has 0 fully saturated rings. The van der Waals surface area contributed by atoms with E-state index in [1.54, 1.807) is 0 Å². The predicted molar refractivity (Wildman–Crippen MR) is 74.4 cm³/mol. The predicted octanol–water partition coefficient (Wildman–Crippen LogP) is 2.96. The summed E-state index contributed by atoms with van der Waals surface area (Å²) in [6.45, 7) is 10.5. The summed E-state index contributed by atoms with van der Waals surface area (Å²) in [5, 5.41) is 6.80. The van der Waals surface area contributed by atoms with Gasteiger partial charge in [0.15, 0.2) is 0 Å². The molecule has 0 radical (unpaired) electrons. The van der Waals surface area contributed by atoms with Gasteiger partial charge in [-0.1, -0.05) is 27.7 Å². The summed E-state index contributed by atoms with van der Waals surface area (Å²) in [7, 11) is 0. The van der Waals surface area contributed by atoms with Crippen LogP contribution in [0.2, 0.25) is 0 Å². The molecular formula is C14H25N3. The summed E-state index contributed by atoms with van der Waals surface area (Å²) in [4.78, 5) is 4.58. The van der Waals surface area contributed by atoms with Gasteiger partial charge in [-0.05, 0) is 30.5 Å². The molecule has 0 saturated heterocycles. The molecule has 0 aliphatic heterocycles. The molecule has 0 atom stereocenters. The van der Waals surface area contributed by atoms with Crippen LogP contribution in [0, 0.1) is 0 Å². The maximum atomic E-state index is 4.58. The van der Waals surface area contributed by atoms with E-state index >= 15 is 0 Å². The van der Waals surface area contributed by atoms with E-state index in [9.17, 15) is 0 Å². The fourth-order valence-corrected chi connectivity index (χ4v) is 1.60. The van der Waals surface area contributed by atoms with Gasteiger partial charge in [0.1, 0.15) is 5.82 Å². The van der Waals surface area contributed by atoms with E-state index in [-0.39, 0.29) is 0 Å². The van der Waals surface area contributed by atoms with E-state index in [1.807, 2.05) is 0 Å². The molecule has 0 aromatic carbocycles. The average Bonchev–Trinajstić information content (AvgIpc) is 2.33. The molecule has 0 aliphatic rings. The van der Waals surface area contributed by atoms with Crippen LogP contribution in [0.15, 0.2) is 12.1 Å². The Labute approximate surface area is 105 Å². The second kappa shape index (κ2) is 7.28. The maximum Gasteiger partial charge on any atom is 0.126 e. The van der Waals surface area contributed by atoms with Gasteiger partial charge in [-0.2, -0.15) is 0 Å².